The van der Waals surface area contributed by atoms with Gasteiger partial charge in [0.1, 0.15) is 18.5 Å². The number of amides is 3. The third kappa shape index (κ3) is 5.90. The van der Waals surface area contributed by atoms with E-state index >= 15 is 0 Å². The highest BCUT2D eigenvalue weighted by Crippen LogP contribution is 2.26. The van der Waals surface area contributed by atoms with Gasteiger partial charge in [-0.1, -0.05) is 6.07 Å². The fraction of sp³-hybridized carbons (Fsp3) is 0.360. The predicted molar refractivity (Wildman–Crippen MR) is 127 cm³/mol. The van der Waals surface area contributed by atoms with E-state index in [1.165, 1.54) is 28.0 Å². The largest absolute Gasteiger partial charge is 0.377 e. The van der Waals surface area contributed by atoms with Crippen molar-refractivity contribution in [2.45, 2.75) is 25.5 Å². The molecule has 3 amide bonds. The number of hydrogen-bond acceptors (Lipinski definition) is 6. The van der Waals surface area contributed by atoms with E-state index in [2.05, 4.69) is 10.3 Å². The van der Waals surface area contributed by atoms with Crippen LogP contribution < -0.4 is 10.2 Å². The Morgan fingerprint density at radius 1 is 1.34 bits per heavy atom. The molecule has 10 heteroatoms. The molecule has 2 aromatic rings. The summed E-state index contributed by atoms with van der Waals surface area (Å²) in [4.78, 5) is 44.9. The molecule has 2 atom stereocenters. The number of benzene rings is 1. The summed E-state index contributed by atoms with van der Waals surface area (Å²) in [6.07, 6.45) is 6.28. The number of aromatic nitrogens is 1. The van der Waals surface area contributed by atoms with Crippen LogP contribution in [0.4, 0.5) is 15.8 Å². The monoisotopic (exact) mass is 482 g/mol. The molecular formula is C25H27FN4O5. The summed E-state index contributed by atoms with van der Waals surface area (Å²) in [5.74, 6) is -1.79. The van der Waals surface area contributed by atoms with Crippen molar-refractivity contribution in [1.29, 1.82) is 0 Å². The summed E-state index contributed by atoms with van der Waals surface area (Å²) in [6.45, 7) is 3.19. The molecule has 3 heterocycles. The molecule has 0 radical (unpaired) electrons. The molecule has 0 saturated carbocycles. The molecule has 0 bridgehead atoms. The Kier molecular flexibility index (Phi) is 7.84. The molecule has 9 nitrogen and oxygen atoms in total. The maximum Gasteiger partial charge on any atom is 0.253 e. The van der Waals surface area contributed by atoms with Crippen molar-refractivity contribution in [3.8, 4) is 0 Å². The minimum atomic E-state index is -0.822. The molecule has 1 N–H and O–H groups in total. The Morgan fingerprint density at radius 2 is 2.20 bits per heavy atom. The third-order valence-corrected chi connectivity index (χ3v) is 5.86. The van der Waals surface area contributed by atoms with Crippen LogP contribution in [0.2, 0.25) is 0 Å². The summed E-state index contributed by atoms with van der Waals surface area (Å²) < 4.78 is 25.6. The number of halogens is 1. The van der Waals surface area contributed by atoms with Crippen LogP contribution in [-0.2, 0) is 23.9 Å². The third-order valence-electron chi connectivity index (χ3n) is 5.86. The Hall–Kier alpha value is -3.63. The Labute approximate surface area is 202 Å². The molecule has 2 saturated heterocycles. The summed E-state index contributed by atoms with van der Waals surface area (Å²) in [7, 11) is 0. The molecule has 2 fully saturated rings. The lowest BCUT2D eigenvalue weighted by Gasteiger charge is -2.27. The van der Waals surface area contributed by atoms with Crippen LogP contribution in [0.25, 0.3) is 6.08 Å². The van der Waals surface area contributed by atoms with Crippen LogP contribution in [0.5, 0.6) is 0 Å². The first kappa shape index (κ1) is 24.5. The highest BCUT2D eigenvalue weighted by Gasteiger charge is 2.39. The van der Waals surface area contributed by atoms with Crippen LogP contribution >= 0.6 is 0 Å². The Morgan fingerprint density at radius 3 is 2.91 bits per heavy atom. The van der Waals surface area contributed by atoms with Gasteiger partial charge in [-0.25, -0.2) is 4.39 Å². The maximum atomic E-state index is 14.8. The zero-order chi connectivity index (χ0) is 24.8. The maximum absolute atomic E-state index is 14.8. The number of nitrogens with zero attached hydrogens (tertiary/aromatic N) is 3. The smallest absolute Gasteiger partial charge is 0.253 e. The lowest BCUT2D eigenvalue weighted by molar-refractivity contribution is -0.132. The van der Waals surface area contributed by atoms with Crippen molar-refractivity contribution >= 4 is 35.2 Å². The number of ether oxygens (including phenoxy) is 2. The molecule has 0 spiro atoms. The number of morpholine rings is 1. The number of carbonyl (C=O) groups is 3. The van der Waals surface area contributed by atoms with Crippen molar-refractivity contribution in [3.63, 3.8) is 0 Å². The van der Waals surface area contributed by atoms with Gasteiger partial charge in [0, 0.05) is 50.3 Å². The number of rotatable bonds is 7. The van der Waals surface area contributed by atoms with E-state index in [1.807, 2.05) is 13.0 Å². The summed E-state index contributed by atoms with van der Waals surface area (Å²) in [5, 5.41) is 2.59. The number of anilines is 2. The zero-order valence-electron chi connectivity index (χ0n) is 19.4. The standard InChI is InChI=1S/C25H27FN4O5/c1-2-35-19-13-22(30(15-19)23(31)8-5-17-4-3-9-27-14-17)25(33)28-21-7-6-18(12-20(21)26)29-10-11-34-16-24(29)32/h3-9,12,14,19,22H,2,10-11,13,15-16H2,1H3,(H,28,33)/t19-,22-/m1/s1. The van der Waals surface area contributed by atoms with Gasteiger partial charge >= 0.3 is 0 Å². The van der Waals surface area contributed by atoms with Gasteiger partial charge in [0.05, 0.1) is 18.4 Å². The SMILES string of the molecule is CCO[C@@H]1C[C@H](C(=O)Nc2ccc(N3CCOCC3=O)cc2F)N(C(=O)C=Cc2cccnc2)C1. The van der Waals surface area contributed by atoms with Crippen molar-refractivity contribution in [2.75, 3.05) is 43.1 Å². The number of pyridine rings is 1. The molecule has 0 unspecified atom stereocenters. The topological polar surface area (TPSA) is 101 Å². The first-order valence-electron chi connectivity index (χ1n) is 11.4. The van der Waals surface area contributed by atoms with E-state index in [4.69, 9.17) is 9.47 Å². The van der Waals surface area contributed by atoms with Gasteiger partial charge in [-0.2, -0.15) is 0 Å². The number of hydrogen-bond donors (Lipinski definition) is 1. The fourth-order valence-electron chi connectivity index (χ4n) is 4.16. The van der Waals surface area contributed by atoms with E-state index in [1.54, 1.807) is 30.6 Å². The molecule has 2 aliphatic heterocycles. The highest BCUT2D eigenvalue weighted by molar-refractivity contribution is 6.01. The molecular weight excluding hydrogens is 455 g/mol. The van der Waals surface area contributed by atoms with Gasteiger partial charge in [-0.05, 0) is 42.8 Å². The molecule has 1 aromatic carbocycles. The van der Waals surface area contributed by atoms with Crippen LogP contribution in [0.3, 0.4) is 0 Å². The van der Waals surface area contributed by atoms with Gasteiger partial charge in [0.15, 0.2) is 0 Å². The van der Waals surface area contributed by atoms with E-state index in [0.717, 1.165) is 5.56 Å². The van der Waals surface area contributed by atoms with E-state index in [0.29, 0.717) is 31.9 Å². The van der Waals surface area contributed by atoms with Crippen LogP contribution in [0, 0.1) is 5.82 Å². The van der Waals surface area contributed by atoms with Gasteiger partial charge in [-0.15, -0.1) is 0 Å². The molecule has 184 valence electrons. The lowest BCUT2D eigenvalue weighted by atomic mass is 10.1. The molecule has 35 heavy (non-hydrogen) atoms. The molecule has 0 aliphatic carbocycles. The lowest BCUT2D eigenvalue weighted by Crippen LogP contribution is -2.42. The molecule has 1 aromatic heterocycles. The van der Waals surface area contributed by atoms with E-state index in [9.17, 15) is 18.8 Å². The van der Waals surface area contributed by atoms with Gasteiger partial charge in [-0.3, -0.25) is 19.4 Å². The van der Waals surface area contributed by atoms with Gasteiger partial charge in [0.25, 0.3) is 5.91 Å². The average molecular weight is 483 g/mol. The first-order chi connectivity index (χ1) is 17.0. The molecule has 2 aliphatic rings. The van der Waals surface area contributed by atoms with E-state index in [-0.39, 0.29) is 36.8 Å². The second-order valence-corrected chi connectivity index (χ2v) is 8.19. The van der Waals surface area contributed by atoms with Gasteiger partial charge in [0.2, 0.25) is 11.8 Å². The Balaban J connectivity index is 1.47. The summed E-state index contributed by atoms with van der Waals surface area (Å²) in [6, 6.07) is 6.93. The van der Waals surface area contributed by atoms with Crippen molar-refractivity contribution < 1.29 is 28.2 Å². The fourth-order valence-corrected chi connectivity index (χ4v) is 4.16. The van der Waals surface area contributed by atoms with Crippen molar-refractivity contribution in [1.82, 2.24) is 9.88 Å². The van der Waals surface area contributed by atoms with Crippen LogP contribution in [0.15, 0.2) is 48.8 Å². The van der Waals surface area contributed by atoms with Gasteiger partial charge < -0.3 is 24.6 Å². The second-order valence-electron chi connectivity index (χ2n) is 8.19. The highest BCUT2D eigenvalue weighted by atomic mass is 19.1. The summed E-state index contributed by atoms with van der Waals surface area (Å²) in [5.41, 5.74) is 1.12. The number of likely N-dealkylation sites (tertiary alicyclic amines) is 1. The second kappa shape index (κ2) is 11.2. The Bertz CT molecular complexity index is 1110. The zero-order valence-corrected chi connectivity index (χ0v) is 19.4. The minimum absolute atomic E-state index is 0.0300. The quantitative estimate of drug-likeness (QED) is 0.608. The minimum Gasteiger partial charge on any atom is -0.377 e. The van der Waals surface area contributed by atoms with Crippen LogP contribution in [-0.4, -0.2) is 72.7 Å². The number of carbonyl (C=O) groups excluding carboxylic acids is 3. The first-order valence-corrected chi connectivity index (χ1v) is 11.4. The predicted octanol–water partition coefficient (Wildman–Crippen LogP) is 2.24. The van der Waals surface area contributed by atoms with E-state index < -0.39 is 17.8 Å². The summed E-state index contributed by atoms with van der Waals surface area (Å²) >= 11 is 0. The molecule has 4 rings (SSSR count). The average Bonchev–Trinajstić information content (AvgIpc) is 3.29. The van der Waals surface area contributed by atoms with Crippen molar-refractivity contribution in [2.24, 2.45) is 0 Å². The van der Waals surface area contributed by atoms with Crippen molar-refractivity contribution in [3.05, 3.63) is 60.2 Å². The van der Waals surface area contributed by atoms with Crippen LogP contribution in [0.1, 0.15) is 18.9 Å². The number of nitrogens with one attached hydrogen (secondary N) is 1. The normalized spacial score (nSPS) is 20.5.